The van der Waals surface area contributed by atoms with E-state index in [0.29, 0.717) is 0 Å². The average molecular weight is 450 g/mol. The summed E-state index contributed by atoms with van der Waals surface area (Å²) in [6.45, 7) is 12.1. The van der Waals surface area contributed by atoms with Crippen molar-refractivity contribution in [2.24, 2.45) is 0 Å². The topological polar surface area (TPSA) is 38.3 Å². The van der Waals surface area contributed by atoms with Gasteiger partial charge in [0.1, 0.15) is 5.75 Å². The molecule has 0 saturated heterocycles. The van der Waals surface area contributed by atoms with Crippen molar-refractivity contribution in [3.8, 4) is 5.75 Å². The van der Waals surface area contributed by atoms with Gasteiger partial charge in [-0.25, -0.2) is 8.93 Å². The molecule has 0 amide bonds. The second-order valence-electron chi connectivity index (χ2n) is 7.67. The van der Waals surface area contributed by atoms with Crippen molar-refractivity contribution < 1.29 is 8.95 Å². The highest BCUT2D eigenvalue weighted by molar-refractivity contribution is 9.10. The van der Waals surface area contributed by atoms with Crippen molar-refractivity contribution in [2.45, 2.75) is 43.9 Å². The number of benzene rings is 2. The Morgan fingerprint density at radius 3 is 2.19 bits per heavy atom. The average Bonchev–Trinajstić information content (AvgIpc) is 2.65. The normalized spacial score (nSPS) is 16.2. The third kappa shape index (κ3) is 4.89. The van der Waals surface area contributed by atoms with Gasteiger partial charge in [-0.05, 0) is 50.1 Å². The van der Waals surface area contributed by atoms with Crippen molar-refractivity contribution in [3.05, 3.63) is 76.8 Å². The smallest absolute Gasteiger partial charge is 0.118 e. The number of hydrogen-bond donors (Lipinski definition) is 1. The molecule has 0 heterocycles. The molecule has 0 saturated carbocycles. The van der Waals surface area contributed by atoms with E-state index in [1.165, 1.54) is 0 Å². The standard InChI is InChI=1S/C22H28BrNO2S/c1-7-22(5,18-10-8-9-11-19(18)23)20(24-27(25)21(2,3)4)16-12-14-17(26-6)15-13-16/h7-15,20,24H,1H2,2-6H3/t20-,22+,27-/m1/s1. The number of nitrogens with one attached hydrogen (secondary N) is 1. The van der Waals surface area contributed by atoms with E-state index in [2.05, 4.69) is 40.2 Å². The molecule has 0 aliphatic heterocycles. The summed E-state index contributed by atoms with van der Waals surface area (Å²) in [6, 6.07) is 15.7. The molecular formula is C22H28BrNO2S. The minimum absolute atomic E-state index is 0.236. The summed E-state index contributed by atoms with van der Waals surface area (Å²) < 4.78 is 22.2. The molecule has 0 aliphatic carbocycles. The first-order valence-electron chi connectivity index (χ1n) is 8.84. The maximum Gasteiger partial charge on any atom is 0.118 e. The summed E-state index contributed by atoms with van der Waals surface area (Å²) in [4.78, 5) is 0. The van der Waals surface area contributed by atoms with Gasteiger partial charge in [0.25, 0.3) is 0 Å². The highest BCUT2D eigenvalue weighted by Crippen LogP contribution is 2.42. The van der Waals surface area contributed by atoms with Crippen LogP contribution >= 0.6 is 15.9 Å². The van der Waals surface area contributed by atoms with E-state index in [1.807, 2.05) is 69.3 Å². The first-order chi connectivity index (χ1) is 12.6. The van der Waals surface area contributed by atoms with E-state index in [0.717, 1.165) is 21.3 Å². The van der Waals surface area contributed by atoms with Gasteiger partial charge in [0, 0.05) is 9.89 Å². The second-order valence-corrected chi connectivity index (χ2v) is 10.5. The maximum absolute atomic E-state index is 13.0. The van der Waals surface area contributed by atoms with Crippen LogP contribution in [0.25, 0.3) is 0 Å². The molecule has 0 spiro atoms. The summed E-state index contributed by atoms with van der Waals surface area (Å²) in [6.07, 6.45) is 1.93. The van der Waals surface area contributed by atoms with Crippen LogP contribution in [0.5, 0.6) is 5.75 Å². The number of rotatable bonds is 7. The van der Waals surface area contributed by atoms with E-state index in [-0.39, 0.29) is 10.8 Å². The predicted molar refractivity (Wildman–Crippen MR) is 118 cm³/mol. The van der Waals surface area contributed by atoms with E-state index >= 15 is 0 Å². The van der Waals surface area contributed by atoms with Gasteiger partial charge >= 0.3 is 0 Å². The Kier molecular flexibility index (Phi) is 7.06. The lowest BCUT2D eigenvalue weighted by molar-refractivity contribution is 0.412. The van der Waals surface area contributed by atoms with Crippen LogP contribution in [0.1, 0.15) is 44.9 Å². The number of halogens is 1. The minimum atomic E-state index is -1.25. The molecule has 1 N–H and O–H groups in total. The third-order valence-electron chi connectivity index (χ3n) is 4.71. The molecule has 5 heteroatoms. The number of hydrogen-bond acceptors (Lipinski definition) is 2. The Morgan fingerprint density at radius 2 is 1.70 bits per heavy atom. The second kappa shape index (κ2) is 8.72. The molecule has 146 valence electrons. The van der Waals surface area contributed by atoms with Crippen molar-refractivity contribution in [1.82, 2.24) is 4.72 Å². The molecule has 0 unspecified atom stereocenters. The van der Waals surface area contributed by atoms with Crippen LogP contribution in [0.2, 0.25) is 0 Å². The fourth-order valence-corrected chi connectivity index (χ4v) is 4.56. The van der Waals surface area contributed by atoms with E-state index in [1.54, 1.807) is 7.11 Å². The molecule has 0 aromatic heterocycles. The highest BCUT2D eigenvalue weighted by atomic mass is 79.9. The lowest BCUT2D eigenvalue weighted by Gasteiger charge is -2.38. The molecule has 0 bridgehead atoms. The van der Waals surface area contributed by atoms with Gasteiger partial charge in [-0.3, -0.25) is 0 Å². The molecule has 2 aromatic rings. The summed E-state index contributed by atoms with van der Waals surface area (Å²) in [5.74, 6) is 0.788. The largest absolute Gasteiger partial charge is 0.497 e. The fourth-order valence-electron chi connectivity index (χ4n) is 2.90. The van der Waals surface area contributed by atoms with Gasteiger partial charge < -0.3 is 4.74 Å². The molecule has 2 rings (SSSR count). The first-order valence-corrected chi connectivity index (χ1v) is 10.8. The monoisotopic (exact) mass is 449 g/mol. The van der Waals surface area contributed by atoms with Gasteiger partial charge in [-0.15, -0.1) is 6.58 Å². The Bertz CT molecular complexity index is 814. The Morgan fingerprint density at radius 1 is 1.11 bits per heavy atom. The molecule has 0 aliphatic rings. The van der Waals surface area contributed by atoms with Crippen LogP contribution in [0.4, 0.5) is 0 Å². The number of methoxy groups -OCH3 is 1. The van der Waals surface area contributed by atoms with Gasteiger partial charge in [0.2, 0.25) is 0 Å². The fraction of sp³-hybridized carbons (Fsp3) is 0.364. The molecule has 0 radical (unpaired) electrons. The Hall–Kier alpha value is -1.43. The van der Waals surface area contributed by atoms with Crippen LogP contribution in [-0.2, 0) is 16.4 Å². The SMILES string of the molecule is C=C[C@@](C)(c1ccccc1Br)[C@H](N[S@](=O)C(C)(C)C)c1ccc(OC)cc1. The zero-order chi connectivity index (χ0) is 20.2. The van der Waals surface area contributed by atoms with Crippen LogP contribution in [-0.4, -0.2) is 16.1 Å². The quantitative estimate of drug-likeness (QED) is 0.550. The Balaban J connectivity index is 2.60. The summed E-state index contributed by atoms with van der Waals surface area (Å²) in [5.41, 5.74) is 1.61. The lowest BCUT2D eigenvalue weighted by Crippen LogP contribution is -2.43. The minimum Gasteiger partial charge on any atom is -0.497 e. The van der Waals surface area contributed by atoms with E-state index in [9.17, 15) is 4.21 Å². The highest BCUT2D eigenvalue weighted by Gasteiger charge is 2.38. The van der Waals surface area contributed by atoms with Crippen LogP contribution in [0.3, 0.4) is 0 Å². The molecule has 27 heavy (non-hydrogen) atoms. The van der Waals surface area contributed by atoms with E-state index < -0.39 is 16.4 Å². The maximum atomic E-state index is 13.0. The van der Waals surface area contributed by atoms with Gasteiger partial charge in [0.15, 0.2) is 0 Å². The van der Waals surface area contributed by atoms with Crippen LogP contribution < -0.4 is 9.46 Å². The number of ether oxygens (including phenoxy) is 1. The molecule has 2 aromatic carbocycles. The van der Waals surface area contributed by atoms with Crippen LogP contribution in [0, 0.1) is 0 Å². The van der Waals surface area contributed by atoms with Gasteiger partial charge in [-0.2, -0.15) is 0 Å². The summed E-state index contributed by atoms with van der Waals surface area (Å²) >= 11 is 3.67. The zero-order valence-corrected chi connectivity index (χ0v) is 19.0. The van der Waals surface area contributed by atoms with Crippen molar-refractivity contribution in [3.63, 3.8) is 0 Å². The Labute approximate surface area is 173 Å². The molecule has 3 atom stereocenters. The first kappa shape index (κ1) is 21.9. The predicted octanol–water partition coefficient (Wildman–Crippen LogP) is 5.69. The molecule has 0 fully saturated rings. The molecular weight excluding hydrogens is 422 g/mol. The van der Waals surface area contributed by atoms with Crippen LogP contribution in [0.15, 0.2) is 65.7 Å². The van der Waals surface area contributed by atoms with Gasteiger partial charge in [-0.1, -0.05) is 59.3 Å². The molecule has 3 nitrogen and oxygen atoms in total. The van der Waals surface area contributed by atoms with Gasteiger partial charge in [0.05, 0.1) is 28.9 Å². The van der Waals surface area contributed by atoms with E-state index in [4.69, 9.17) is 4.74 Å². The van der Waals surface area contributed by atoms with Crippen molar-refractivity contribution in [1.29, 1.82) is 0 Å². The third-order valence-corrected chi connectivity index (χ3v) is 6.96. The lowest BCUT2D eigenvalue weighted by atomic mass is 9.74. The summed E-state index contributed by atoms with van der Waals surface area (Å²) in [5, 5.41) is 0. The van der Waals surface area contributed by atoms with Crippen molar-refractivity contribution >= 4 is 26.9 Å². The zero-order valence-electron chi connectivity index (χ0n) is 16.6. The summed E-state index contributed by atoms with van der Waals surface area (Å²) in [7, 11) is 0.399. The van der Waals surface area contributed by atoms with Crippen molar-refractivity contribution in [2.75, 3.05) is 7.11 Å².